The van der Waals surface area contributed by atoms with Crippen LogP contribution in [-0.4, -0.2) is 15.3 Å². The standard InChI is InChI=1S/C16H25N3O2/c1-11-7-15(19(6)18-11)20-10-14-8-13(12(2)21-14)9-17-16(3,4)5/h7-8,17H,9-10H2,1-6H3. The van der Waals surface area contributed by atoms with Crippen LogP contribution in [-0.2, 0) is 20.2 Å². The lowest BCUT2D eigenvalue weighted by Crippen LogP contribution is -2.35. The molecule has 2 rings (SSSR count). The van der Waals surface area contributed by atoms with Crippen molar-refractivity contribution in [2.75, 3.05) is 0 Å². The van der Waals surface area contributed by atoms with Gasteiger partial charge in [-0.25, -0.2) is 4.68 Å². The van der Waals surface area contributed by atoms with Gasteiger partial charge in [-0.15, -0.1) is 0 Å². The first kappa shape index (κ1) is 15.6. The highest BCUT2D eigenvalue weighted by Gasteiger charge is 2.13. The minimum absolute atomic E-state index is 0.0899. The first-order chi connectivity index (χ1) is 9.74. The fourth-order valence-electron chi connectivity index (χ4n) is 2.06. The Labute approximate surface area is 126 Å². The van der Waals surface area contributed by atoms with E-state index in [1.54, 1.807) is 4.68 Å². The third-order valence-electron chi connectivity index (χ3n) is 3.20. The molecule has 116 valence electrons. The van der Waals surface area contributed by atoms with Gasteiger partial charge in [0.15, 0.2) is 0 Å². The van der Waals surface area contributed by atoms with Gasteiger partial charge < -0.3 is 14.5 Å². The molecule has 2 heterocycles. The van der Waals surface area contributed by atoms with Crippen molar-refractivity contribution in [2.24, 2.45) is 7.05 Å². The van der Waals surface area contributed by atoms with Crippen LogP contribution >= 0.6 is 0 Å². The molecule has 21 heavy (non-hydrogen) atoms. The van der Waals surface area contributed by atoms with E-state index in [1.807, 2.05) is 27.0 Å². The Morgan fingerprint density at radius 1 is 1.29 bits per heavy atom. The molecule has 0 saturated heterocycles. The number of hydrogen-bond donors (Lipinski definition) is 1. The lowest BCUT2D eigenvalue weighted by Gasteiger charge is -2.20. The maximum Gasteiger partial charge on any atom is 0.212 e. The number of aryl methyl sites for hydroxylation is 3. The molecule has 0 unspecified atom stereocenters. The van der Waals surface area contributed by atoms with Crippen molar-refractivity contribution in [2.45, 2.75) is 53.3 Å². The SMILES string of the molecule is Cc1cc(OCc2cc(CNC(C)(C)C)c(C)o2)n(C)n1. The summed E-state index contributed by atoms with van der Waals surface area (Å²) in [6.07, 6.45) is 0. The van der Waals surface area contributed by atoms with Crippen LogP contribution in [0.3, 0.4) is 0 Å². The summed E-state index contributed by atoms with van der Waals surface area (Å²) in [6.45, 7) is 11.6. The van der Waals surface area contributed by atoms with Crippen molar-refractivity contribution in [3.63, 3.8) is 0 Å². The van der Waals surface area contributed by atoms with Gasteiger partial charge in [0.05, 0.1) is 5.69 Å². The van der Waals surface area contributed by atoms with Gasteiger partial charge in [-0.1, -0.05) is 0 Å². The number of ether oxygens (including phenoxy) is 1. The molecule has 0 saturated carbocycles. The van der Waals surface area contributed by atoms with E-state index in [2.05, 4.69) is 37.3 Å². The summed E-state index contributed by atoms with van der Waals surface area (Å²) in [7, 11) is 1.87. The van der Waals surface area contributed by atoms with Crippen molar-refractivity contribution < 1.29 is 9.15 Å². The van der Waals surface area contributed by atoms with Gasteiger partial charge in [-0.05, 0) is 40.7 Å². The summed E-state index contributed by atoms with van der Waals surface area (Å²) in [5.74, 6) is 2.51. The molecule has 0 spiro atoms. The highest BCUT2D eigenvalue weighted by Crippen LogP contribution is 2.18. The molecule has 0 bridgehead atoms. The summed E-state index contributed by atoms with van der Waals surface area (Å²) in [6, 6.07) is 3.97. The average Bonchev–Trinajstić information content (AvgIpc) is 2.86. The van der Waals surface area contributed by atoms with E-state index in [0.717, 1.165) is 29.6 Å². The Morgan fingerprint density at radius 2 is 2.00 bits per heavy atom. The zero-order valence-electron chi connectivity index (χ0n) is 13.8. The van der Waals surface area contributed by atoms with Gasteiger partial charge >= 0.3 is 0 Å². The molecule has 2 aromatic rings. The summed E-state index contributed by atoms with van der Waals surface area (Å²) in [5, 5.41) is 7.72. The molecule has 0 fully saturated rings. The van der Waals surface area contributed by atoms with Crippen molar-refractivity contribution in [3.05, 3.63) is 34.9 Å². The van der Waals surface area contributed by atoms with E-state index in [-0.39, 0.29) is 5.54 Å². The van der Waals surface area contributed by atoms with Crippen LogP contribution in [0.2, 0.25) is 0 Å². The summed E-state index contributed by atoms with van der Waals surface area (Å²) >= 11 is 0. The molecule has 0 aliphatic carbocycles. The van der Waals surface area contributed by atoms with Gasteiger partial charge in [0, 0.05) is 30.8 Å². The van der Waals surface area contributed by atoms with Gasteiger partial charge in [0.25, 0.3) is 0 Å². The van der Waals surface area contributed by atoms with Crippen molar-refractivity contribution >= 4 is 0 Å². The predicted molar refractivity (Wildman–Crippen MR) is 82.3 cm³/mol. The zero-order valence-corrected chi connectivity index (χ0v) is 13.8. The van der Waals surface area contributed by atoms with E-state index in [9.17, 15) is 0 Å². The molecule has 0 radical (unpaired) electrons. The Balaban J connectivity index is 1.97. The van der Waals surface area contributed by atoms with E-state index >= 15 is 0 Å². The molecule has 0 amide bonds. The lowest BCUT2D eigenvalue weighted by atomic mass is 10.1. The zero-order chi connectivity index (χ0) is 15.6. The monoisotopic (exact) mass is 291 g/mol. The van der Waals surface area contributed by atoms with Crippen molar-refractivity contribution in [3.8, 4) is 5.88 Å². The minimum Gasteiger partial charge on any atom is -0.470 e. The van der Waals surface area contributed by atoms with Gasteiger partial charge in [-0.3, -0.25) is 0 Å². The summed E-state index contributed by atoms with van der Waals surface area (Å²) < 4.78 is 13.2. The average molecular weight is 291 g/mol. The first-order valence-electron chi connectivity index (χ1n) is 7.21. The van der Waals surface area contributed by atoms with Gasteiger partial charge in [0.1, 0.15) is 18.1 Å². The van der Waals surface area contributed by atoms with E-state index in [0.29, 0.717) is 6.61 Å². The van der Waals surface area contributed by atoms with Crippen LogP contribution in [0.1, 0.15) is 43.5 Å². The molecule has 1 N–H and O–H groups in total. The number of nitrogens with zero attached hydrogens (tertiary/aromatic N) is 2. The predicted octanol–water partition coefficient (Wildman–Crippen LogP) is 3.10. The van der Waals surface area contributed by atoms with Crippen LogP contribution < -0.4 is 10.1 Å². The topological polar surface area (TPSA) is 52.2 Å². The molecule has 5 heteroatoms. The maximum absolute atomic E-state index is 5.75. The first-order valence-corrected chi connectivity index (χ1v) is 7.21. The smallest absolute Gasteiger partial charge is 0.212 e. The second-order valence-corrected chi connectivity index (χ2v) is 6.43. The second kappa shape index (κ2) is 5.93. The van der Waals surface area contributed by atoms with Gasteiger partial charge in [-0.2, -0.15) is 5.10 Å². The van der Waals surface area contributed by atoms with E-state index in [4.69, 9.17) is 9.15 Å². The molecular weight excluding hydrogens is 266 g/mol. The fourth-order valence-corrected chi connectivity index (χ4v) is 2.06. The number of aromatic nitrogens is 2. The normalized spacial score (nSPS) is 11.9. The van der Waals surface area contributed by atoms with Crippen LogP contribution in [0.5, 0.6) is 5.88 Å². The highest BCUT2D eigenvalue weighted by molar-refractivity contribution is 5.21. The lowest BCUT2D eigenvalue weighted by molar-refractivity contribution is 0.247. The summed E-state index contributed by atoms with van der Waals surface area (Å²) in [4.78, 5) is 0. The number of rotatable bonds is 5. The Bertz CT molecular complexity index is 606. The van der Waals surface area contributed by atoms with Crippen LogP contribution in [0.15, 0.2) is 16.5 Å². The van der Waals surface area contributed by atoms with Gasteiger partial charge in [0.2, 0.25) is 5.88 Å². The van der Waals surface area contributed by atoms with Crippen LogP contribution in [0, 0.1) is 13.8 Å². The largest absolute Gasteiger partial charge is 0.470 e. The number of furan rings is 1. The molecule has 0 aliphatic rings. The van der Waals surface area contributed by atoms with Crippen molar-refractivity contribution in [1.29, 1.82) is 0 Å². The molecule has 2 aromatic heterocycles. The van der Waals surface area contributed by atoms with E-state index in [1.165, 1.54) is 5.56 Å². The van der Waals surface area contributed by atoms with Crippen molar-refractivity contribution in [1.82, 2.24) is 15.1 Å². The molecule has 0 aliphatic heterocycles. The Kier molecular flexibility index (Phi) is 4.42. The molecule has 0 atom stereocenters. The fraction of sp³-hybridized carbons (Fsp3) is 0.562. The molecule has 5 nitrogen and oxygen atoms in total. The third-order valence-corrected chi connectivity index (χ3v) is 3.20. The minimum atomic E-state index is 0.0899. The quantitative estimate of drug-likeness (QED) is 0.919. The second-order valence-electron chi connectivity index (χ2n) is 6.43. The Hall–Kier alpha value is -1.75. The Morgan fingerprint density at radius 3 is 2.57 bits per heavy atom. The number of nitrogens with one attached hydrogen (secondary N) is 1. The molecular formula is C16H25N3O2. The van der Waals surface area contributed by atoms with E-state index < -0.39 is 0 Å². The van der Waals surface area contributed by atoms with Crippen LogP contribution in [0.4, 0.5) is 0 Å². The third kappa shape index (κ3) is 4.36. The number of hydrogen-bond acceptors (Lipinski definition) is 4. The highest BCUT2D eigenvalue weighted by atomic mass is 16.5. The van der Waals surface area contributed by atoms with Crippen LogP contribution in [0.25, 0.3) is 0 Å². The maximum atomic E-state index is 5.75. The summed E-state index contributed by atoms with van der Waals surface area (Å²) in [5.41, 5.74) is 2.20. The molecule has 0 aromatic carbocycles.